The van der Waals surface area contributed by atoms with Crippen molar-refractivity contribution in [2.75, 3.05) is 23.8 Å². The van der Waals surface area contributed by atoms with Crippen LogP contribution in [0.15, 0.2) is 48.5 Å². The quantitative estimate of drug-likeness (QED) is 0.897. The highest BCUT2D eigenvalue weighted by atomic mass is 16.5. The lowest BCUT2D eigenvalue weighted by Crippen LogP contribution is -2.33. The van der Waals surface area contributed by atoms with Crippen LogP contribution in [0.4, 0.5) is 11.4 Å². The molecule has 0 bridgehead atoms. The van der Waals surface area contributed by atoms with Crippen LogP contribution in [0, 0.1) is 5.41 Å². The van der Waals surface area contributed by atoms with E-state index >= 15 is 0 Å². The number of anilines is 2. The van der Waals surface area contributed by atoms with Crippen molar-refractivity contribution < 1.29 is 19.1 Å². The van der Waals surface area contributed by atoms with E-state index in [0.717, 1.165) is 0 Å². The zero-order valence-electron chi connectivity index (χ0n) is 14.2. The molecule has 6 nitrogen and oxygen atoms in total. The van der Waals surface area contributed by atoms with Crippen LogP contribution in [-0.4, -0.2) is 25.0 Å². The number of para-hydroxylation sites is 1. The fourth-order valence-corrected chi connectivity index (χ4v) is 2.31. The first kappa shape index (κ1) is 16.8. The molecule has 6 heteroatoms. The Labute approximate surface area is 146 Å². The lowest BCUT2D eigenvalue weighted by molar-refractivity contribution is -0.125. The Morgan fingerprint density at radius 3 is 2.76 bits per heavy atom. The van der Waals surface area contributed by atoms with Crippen LogP contribution in [0.1, 0.15) is 13.8 Å². The van der Waals surface area contributed by atoms with Crippen molar-refractivity contribution >= 4 is 23.2 Å². The number of ether oxygens (including phenoxy) is 2. The number of hydrogen-bond donors (Lipinski definition) is 2. The number of carbonyl (C=O) groups excluding carboxylic acids is 2. The maximum atomic E-state index is 12.2. The summed E-state index contributed by atoms with van der Waals surface area (Å²) in [6.07, 6.45) is 0. The fourth-order valence-electron chi connectivity index (χ4n) is 2.31. The van der Waals surface area contributed by atoms with Gasteiger partial charge in [-0.05, 0) is 44.2 Å². The van der Waals surface area contributed by atoms with Crippen molar-refractivity contribution in [2.24, 2.45) is 5.41 Å². The average Bonchev–Trinajstić information content (AvgIpc) is 2.70. The minimum absolute atomic E-state index is 0.100. The predicted octanol–water partition coefficient (Wildman–Crippen LogP) is 3.06. The van der Waals surface area contributed by atoms with Crippen LogP contribution < -0.4 is 20.1 Å². The highest BCUT2D eigenvalue weighted by Crippen LogP contribution is 2.34. The summed E-state index contributed by atoms with van der Waals surface area (Å²) in [5, 5.41) is 5.59. The zero-order chi connectivity index (χ0) is 17.9. The van der Waals surface area contributed by atoms with E-state index in [1.54, 1.807) is 30.3 Å². The Bertz CT molecular complexity index is 787. The molecule has 2 N–H and O–H groups in total. The summed E-state index contributed by atoms with van der Waals surface area (Å²) < 4.78 is 11.1. The predicted molar refractivity (Wildman–Crippen MR) is 94.9 cm³/mol. The molecule has 0 aromatic heterocycles. The maximum absolute atomic E-state index is 12.2. The third kappa shape index (κ3) is 4.09. The summed E-state index contributed by atoms with van der Waals surface area (Å²) in [7, 11) is 0. The SMILES string of the molecule is CC1(C)COc2ccc(NC(=O)COc3ccccc3)cc2NC1=O. The maximum Gasteiger partial charge on any atom is 0.262 e. The molecule has 0 saturated carbocycles. The standard InChI is InChI=1S/C19H20N2O4/c1-19(2)12-25-16-9-8-13(10-15(16)21-18(19)23)20-17(22)11-24-14-6-4-3-5-7-14/h3-10H,11-12H2,1-2H3,(H,20,22)(H,21,23). The van der Waals surface area contributed by atoms with Crippen LogP contribution >= 0.6 is 0 Å². The minimum atomic E-state index is -0.619. The lowest BCUT2D eigenvalue weighted by Gasteiger charge is -2.18. The van der Waals surface area contributed by atoms with E-state index in [9.17, 15) is 9.59 Å². The molecule has 1 aliphatic heterocycles. The summed E-state index contributed by atoms with van der Waals surface area (Å²) in [6.45, 7) is 3.83. The fraction of sp³-hybridized carbons (Fsp3) is 0.263. The molecular weight excluding hydrogens is 320 g/mol. The smallest absolute Gasteiger partial charge is 0.262 e. The van der Waals surface area contributed by atoms with Gasteiger partial charge in [-0.25, -0.2) is 0 Å². The third-order valence-electron chi connectivity index (χ3n) is 3.83. The largest absolute Gasteiger partial charge is 0.490 e. The molecule has 0 atom stereocenters. The minimum Gasteiger partial charge on any atom is -0.490 e. The molecular formula is C19H20N2O4. The van der Waals surface area contributed by atoms with E-state index in [1.807, 2.05) is 32.0 Å². The topological polar surface area (TPSA) is 76.7 Å². The highest BCUT2D eigenvalue weighted by molar-refractivity contribution is 5.98. The van der Waals surface area contributed by atoms with Gasteiger partial charge in [0.1, 0.15) is 18.1 Å². The molecule has 0 aliphatic carbocycles. The molecule has 0 radical (unpaired) electrons. The second kappa shape index (κ2) is 6.84. The third-order valence-corrected chi connectivity index (χ3v) is 3.83. The number of amides is 2. The van der Waals surface area contributed by atoms with Gasteiger partial charge in [0.05, 0.1) is 11.1 Å². The molecule has 2 aromatic rings. The van der Waals surface area contributed by atoms with Crippen LogP contribution in [0.25, 0.3) is 0 Å². The van der Waals surface area contributed by atoms with Gasteiger partial charge in [0, 0.05) is 5.69 Å². The Balaban J connectivity index is 1.64. The number of benzene rings is 2. The van der Waals surface area contributed by atoms with Gasteiger partial charge in [0.15, 0.2) is 6.61 Å². The van der Waals surface area contributed by atoms with Crippen molar-refractivity contribution in [1.82, 2.24) is 0 Å². The second-order valence-corrected chi connectivity index (χ2v) is 6.49. The van der Waals surface area contributed by atoms with Gasteiger partial charge < -0.3 is 20.1 Å². The van der Waals surface area contributed by atoms with Gasteiger partial charge in [-0.15, -0.1) is 0 Å². The van der Waals surface area contributed by atoms with Crippen molar-refractivity contribution in [3.05, 3.63) is 48.5 Å². The summed E-state index contributed by atoms with van der Waals surface area (Å²) in [4.78, 5) is 24.2. The Kier molecular flexibility index (Phi) is 4.61. The first-order valence-corrected chi connectivity index (χ1v) is 8.00. The normalized spacial score (nSPS) is 15.2. The molecule has 3 rings (SSSR count). The number of nitrogens with one attached hydrogen (secondary N) is 2. The molecule has 130 valence electrons. The highest BCUT2D eigenvalue weighted by Gasteiger charge is 2.32. The molecule has 1 heterocycles. The summed E-state index contributed by atoms with van der Waals surface area (Å²) in [6, 6.07) is 14.2. The van der Waals surface area contributed by atoms with Gasteiger partial charge >= 0.3 is 0 Å². The van der Waals surface area contributed by atoms with Crippen molar-refractivity contribution in [1.29, 1.82) is 0 Å². The Morgan fingerprint density at radius 1 is 1.24 bits per heavy atom. The number of carbonyl (C=O) groups is 2. The summed E-state index contributed by atoms with van der Waals surface area (Å²) in [5.74, 6) is 0.798. The van der Waals surface area contributed by atoms with Crippen molar-refractivity contribution in [3.8, 4) is 11.5 Å². The van der Waals surface area contributed by atoms with E-state index < -0.39 is 5.41 Å². The Hall–Kier alpha value is -3.02. The second-order valence-electron chi connectivity index (χ2n) is 6.49. The van der Waals surface area contributed by atoms with Crippen LogP contribution in [0.5, 0.6) is 11.5 Å². The molecule has 0 fully saturated rings. The van der Waals surface area contributed by atoms with Gasteiger partial charge in [-0.3, -0.25) is 9.59 Å². The molecule has 0 saturated heterocycles. The molecule has 0 unspecified atom stereocenters. The number of fused-ring (bicyclic) bond motifs is 1. The van der Waals surface area contributed by atoms with Crippen molar-refractivity contribution in [3.63, 3.8) is 0 Å². The van der Waals surface area contributed by atoms with Gasteiger partial charge in [-0.1, -0.05) is 18.2 Å². The molecule has 2 aromatic carbocycles. The molecule has 0 spiro atoms. The first-order valence-electron chi connectivity index (χ1n) is 8.00. The number of rotatable bonds is 4. The van der Waals surface area contributed by atoms with E-state index in [4.69, 9.17) is 9.47 Å². The van der Waals surface area contributed by atoms with Crippen LogP contribution in [-0.2, 0) is 9.59 Å². The average molecular weight is 340 g/mol. The van der Waals surface area contributed by atoms with Crippen molar-refractivity contribution in [2.45, 2.75) is 13.8 Å². The van der Waals surface area contributed by atoms with Crippen LogP contribution in [0.3, 0.4) is 0 Å². The van der Waals surface area contributed by atoms with Gasteiger partial charge in [0.2, 0.25) is 5.91 Å². The number of hydrogen-bond acceptors (Lipinski definition) is 4. The first-order chi connectivity index (χ1) is 11.9. The lowest BCUT2D eigenvalue weighted by atomic mass is 9.94. The van der Waals surface area contributed by atoms with Gasteiger partial charge in [-0.2, -0.15) is 0 Å². The monoisotopic (exact) mass is 340 g/mol. The molecule has 25 heavy (non-hydrogen) atoms. The van der Waals surface area contributed by atoms with E-state index in [0.29, 0.717) is 29.5 Å². The van der Waals surface area contributed by atoms with E-state index in [2.05, 4.69) is 10.6 Å². The molecule has 2 amide bonds. The van der Waals surface area contributed by atoms with Gasteiger partial charge in [0.25, 0.3) is 5.91 Å². The summed E-state index contributed by atoms with van der Waals surface area (Å²) in [5.41, 5.74) is 0.479. The zero-order valence-corrected chi connectivity index (χ0v) is 14.2. The van der Waals surface area contributed by atoms with E-state index in [-0.39, 0.29) is 18.4 Å². The van der Waals surface area contributed by atoms with Crippen LogP contribution in [0.2, 0.25) is 0 Å². The van der Waals surface area contributed by atoms with E-state index in [1.165, 1.54) is 0 Å². The Morgan fingerprint density at radius 2 is 2.00 bits per heavy atom. The summed E-state index contributed by atoms with van der Waals surface area (Å²) >= 11 is 0. The molecule has 1 aliphatic rings.